The zero-order valence-electron chi connectivity index (χ0n) is 13.7. The Kier molecular flexibility index (Phi) is 4.32. The lowest BCUT2D eigenvalue weighted by molar-refractivity contribution is 0.398. The van der Waals surface area contributed by atoms with Gasteiger partial charge in [0.2, 0.25) is 10.0 Å². The van der Waals surface area contributed by atoms with Crippen LogP contribution in [0.2, 0.25) is 0 Å². The fourth-order valence-corrected chi connectivity index (χ4v) is 3.95. The van der Waals surface area contributed by atoms with E-state index in [2.05, 4.69) is 9.97 Å². The summed E-state index contributed by atoms with van der Waals surface area (Å²) in [6.45, 7) is 1.80. The van der Waals surface area contributed by atoms with Crippen LogP contribution in [-0.2, 0) is 10.0 Å². The summed E-state index contributed by atoms with van der Waals surface area (Å²) in [6.07, 6.45) is 0. The summed E-state index contributed by atoms with van der Waals surface area (Å²) in [5.74, 6) is 0. The van der Waals surface area contributed by atoms with E-state index in [4.69, 9.17) is 0 Å². The molecule has 0 radical (unpaired) electrons. The van der Waals surface area contributed by atoms with Gasteiger partial charge in [0.15, 0.2) is 0 Å². The van der Waals surface area contributed by atoms with Crippen molar-refractivity contribution in [2.45, 2.75) is 17.9 Å². The number of nitrogens with zero attached hydrogens (tertiary/aromatic N) is 1. The van der Waals surface area contributed by atoms with E-state index in [0.717, 1.165) is 5.56 Å². The number of benzene rings is 2. The van der Waals surface area contributed by atoms with E-state index in [1.807, 2.05) is 30.3 Å². The molecule has 1 aromatic heterocycles. The number of aromatic amines is 2. The van der Waals surface area contributed by atoms with Gasteiger partial charge in [-0.3, -0.25) is 9.59 Å². The van der Waals surface area contributed by atoms with Gasteiger partial charge in [-0.2, -0.15) is 4.31 Å². The second-order valence-electron chi connectivity index (χ2n) is 5.72. The van der Waals surface area contributed by atoms with E-state index in [-0.39, 0.29) is 16.5 Å². The molecular weight excluding hydrogens is 342 g/mol. The summed E-state index contributed by atoms with van der Waals surface area (Å²) >= 11 is 0. The number of hydrogen-bond donors (Lipinski definition) is 2. The molecule has 0 aliphatic rings. The van der Waals surface area contributed by atoms with E-state index < -0.39 is 21.1 Å². The Bertz CT molecular complexity index is 1130. The molecule has 0 aliphatic carbocycles. The van der Waals surface area contributed by atoms with Gasteiger partial charge in [0.1, 0.15) is 0 Å². The van der Waals surface area contributed by atoms with Gasteiger partial charge in [0.05, 0.1) is 15.9 Å². The topological polar surface area (TPSA) is 103 Å². The quantitative estimate of drug-likeness (QED) is 0.691. The lowest BCUT2D eigenvalue weighted by Gasteiger charge is -2.24. The first-order chi connectivity index (χ1) is 11.8. The van der Waals surface area contributed by atoms with Crippen LogP contribution in [-0.4, -0.2) is 29.7 Å². The highest BCUT2D eigenvalue weighted by Gasteiger charge is 2.26. The highest BCUT2D eigenvalue weighted by Crippen LogP contribution is 2.26. The Balaban J connectivity index is 2.04. The second-order valence-corrected chi connectivity index (χ2v) is 7.72. The number of hydrogen-bond acceptors (Lipinski definition) is 4. The normalized spacial score (nSPS) is 13.2. The van der Waals surface area contributed by atoms with Gasteiger partial charge < -0.3 is 9.97 Å². The molecular formula is C17H17N3O4S. The Hall–Kier alpha value is -2.71. The average Bonchev–Trinajstić information content (AvgIpc) is 2.61. The maximum absolute atomic E-state index is 12.9. The number of sulfonamides is 1. The number of rotatable bonds is 4. The predicted octanol–water partition coefficient (Wildman–Crippen LogP) is 1.60. The van der Waals surface area contributed by atoms with Crippen molar-refractivity contribution >= 4 is 21.1 Å². The van der Waals surface area contributed by atoms with Crippen LogP contribution in [0.4, 0.5) is 0 Å². The highest BCUT2D eigenvalue weighted by atomic mass is 32.2. The van der Waals surface area contributed by atoms with E-state index in [1.54, 1.807) is 6.92 Å². The van der Waals surface area contributed by atoms with Gasteiger partial charge >= 0.3 is 11.1 Å². The van der Waals surface area contributed by atoms with Crippen LogP contribution >= 0.6 is 0 Å². The zero-order chi connectivity index (χ0) is 18.2. The standard InChI is InChI=1S/C17H17N3O4S/c1-11(12-6-4-3-5-7-12)20(2)25(23,24)13-8-9-14-15(10-13)19-17(22)16(21)18-14/h3-11H,1-2H3,(H,18,21)(H,19,22)/t11-/m0/s1. The van der Waals surface area contributed by atoms with Crippen LogP contribution in [0.15, 0.2) is 63.0 Å². The van der Waals surface area contributed by atoms with Crippen molar-refractivity contribution in [3.05, 3.63) is 74.8 Å². The number of fused-ring (bicyclic) bond motifs is 1. The first kappa shape index (κ1) is 17.1. The fraction of sp³-hybridized carbons (Fsp3) is 0.176. The largest absolute Gasteiger partial charge is 0.316 e. The summed E-state index contributed by atoms with van der Waals surface area (Å²) in [5.41, 5.74) is -0.119. The van der Waals surface area contributed by atoms with Crippen LogP contribution in [0.5, 0.6) is 0 Å². The van der Waals surface area contributed by atoms with Crippen molar-refractivity contribution in [3.8, 4) is 0 Å². The minimum Gasteiger partial charge on any atom is -0.316 e. The minimum atomic E-state index is -3.78. The third-order valence-corrected chi connectivity index (χ3v) is 6.12. The molecule has 2 N–H and O–H groups in total. The molecule has 8 heteroatoms. The average molecular weight is 359 g/mol. The molecule has 3 rings (SSSR count). The predicted molar refractivity (Wildman–Crippen MR) is 95.0 cm³/mol. The van der Waals surface area contributed by atoms with Crippen molar-refractivity contribution in [2.75, 3.05) is 7.05 Å². The molecule has 1 atom stereocenters. The van der Waals surface area contributed by atoms with Crippen molar-refractivity contribution in [2.24, 2.45) is 0 Å². The molecule has 0 unspecified atom stereocenters. The molecule has 0 bridgehead atoms. The first-order valence-corrected chi connectivity index (χ1v) is 9.04. The van der Waals surface area contributed by atoms with Crippen molar-refractivity contribution in [1.29, 1.82) is 0 Å². The summed E-state index contributed by atoms with van der Waals surface area (Å²) in [5, 5.41) is 0. The van der Waals surface area contributed by atoms with Crippen molar-refractivity contribution in [1.82, 2.24) is 14.3 Å². The first-order valence-electron chi connectivity index (χ1n) is 7.60. The number of nitrogens with one attached hydrogen (secondary N) is 2. The molecule has 7 nitrogen and oxygen atoms in total. The van der Waals surface area contributed by atoms with Crippen LogP contribution < -0.4 is 11.1 Å². The summed E-state index contributed by atoms with van der Waals surface area (Å²) in [7, 11) is -2.27. The number of H-pyrrole nitrogens is 2. The molecule has 130 valence electrons. The second kappa shape index (κ2) is 6.30. The van der Waals surface area contributed by atoms with Crippen LogP contribution in [0, 0.1) is 0 Å². The van der Waals surface area contributed by atoms with Gasteiger partial charge in [-0.1, -0.05) is 30.3 Å². The fourth-order valence-electron chi connectivity index (χ4n) is 2.57. The van der Waals surface area contributed by atoms with Gasteiger partial charge in [-0.05, 0) is 30.7 Å². The lowest BCUT2D eigenvalue weighted by atomic mass is 10.1. The molecule has 1 heterocycles. The van der Waals surface area contributed by atoms with Gasteiger partial charge in [-0.25, -0.2) is 8.42 Å². The van der Waals surface area contributed by atoms with E-state index >= 15 is 0 Å². The Morgan fingerprint density at radius 3 is 2.16 bits per heavy atom. The van der Waals surface area contributed by atoms with Crippen LogP contribution in [0.3, 0.4) is 0 Å². The molecule has 0 aliphatic heterocycles. The summed E-state index contributed by atoms with van der Waals surface area (Å²) in [4.78, 5) is 27.6. The Morgan fingerprint density at radius 2 is 1.52 bits per heavy atom. The van der Waals surface area contributed by atoms with E-state index in [1.165, 1.54) is 29.6 Å². The van der Waals surface area contributed by atoms with Crippen molar-refractivity contribution < 1.29 is 8.42 Å². The molecule has 0 amide bonds. The van der Waals surface area contributed by atoms with E-state index in [9.17, 15) is 18.0 Å². The maximum atomic E-state index is 12.9. The number of aromatic nitrogens is 2. The van der Waals surface area contributed by atoms with Crippen LogP contribution in [0.1, 0.15) is 18.5 Å². The molecule has 0 saturated heterocycles. The van der Waals surface area contributed by atoms with Gasteiger partial charge in [0.25, 0.3) is 0 Å². The summed E-state index contributed by atoms with van der Waals surface area (Å²) < 4.78 is 27.1. The zero-order valence-corrected chi connectivity index (χ0v) is 14.5. The molecule has 0 saturated carbocycles. The molecule has 25 heavy (non-hydrogen) atoms. The van der Waals surface area contributed by atoms with Gasteiger partial charge in [-0.15, -0.1) is 0 Å². The van der Waals surface area contributed by atoms with Crippen LogP contribution in [0.25, 0.3) is 11.0 Å². The maximum Gasteiger partial charge on any atom is 0.314 e. The van der Waals surface area contributed by atoms with Gasteiger partial charge in [0, 0.05) is 13.1 Å². The molecule has 2 aromatic carbocycles. The lowest BCUT2D eigenvalue weighted by Crippen LogP contribution is -2.30. The molecule has 3 aromatic rings. The molecule has 0 spiro atoms. The monoisotopic (exact) mass is 359 g/mol. The highest BCUT2D eigenvalue weighted by molar-refractivity contribution is 7.89. The third kappa shape index (κ3) is 3.13. The SMILES string of the molecule is C[C@@H](c1ccccc1)N(C)S(=O)(=O)c1ccc2[nH]c(=O)c(=O)[nH]c2c1. The molecule has 0 fully saturated rings. The Morgan fingerprint density at radius 1 is 0.920 bits per heavy atom. The van der Waals surface area contributed by atoms with Crippen molar-refractivity contribution in [3.63, 3.8) is 0 Å². The minimum absolute atomic E-state index is 0.0352. The Labute approximate surface area is 144 Å². The summed E-state index contributed by atoms with van der Waals surface area (Å²) in [6, 6.07) is 13.1. The third-order valence-electron chi connectivity index (χ3n) is 4.20. The van der Waals surface area contributed by atoms with E-state index in [0.29, 0.717) is 5.52 Å². The smallest absolute Gasteiger partial charge is 0.314 e.